The Bertz CT molecular complexity index is 1240. The highest BCUT2D eigenvalue weighted by Gasteiger charge is 2.51. The quantitative estimate of drug-likeness (QED) is 0.377. The summed E-state index contributed by atoms with van der Waals surface area (Å²) in [7, 11) is 0. The van der Waals surface area contributed by atoms with Gasteiger partial charge >= 0.3 is 5.97 Å². The van der Waals surface area contributed by atoms with Crippen molar-refractivity contribution in [3.63, 3.8) is 0 Å². The molecule has 2 N–H and O–H groups in total. The van der Waals surface area contributed by atoms with Crippen molar-refractivity contribution >= 4 is 11.9 Å². The van der Waals surface area contributed by atoms with Crippen LogP contribution in [0.2, 0.25) is 0 Å². The lowest BCUT2D eigenvalue weighted by atomic mass is 9.82. The minimum absolute atomic E-state index is 0.0679. The van der Waals surface area contributed by atoms with Gasteiger partial charge in [0.1, 0.15) is 6.54 Å². The van der Waals surface area contributed by atoms with Gasteiger partial charge in [-0.3, -0.25) is 4.79 Å². The third-order valence-electron chi connectivity index (χ3n) is 8.87. The number of esters is 1. The first-order valence-corrected chi connectivity index (χ1v) is 13.7. The van der Waals surface area contributed by atoms with E-state index < -0.39 is 11.6 Å². The van der Waals surface area contributed by atoms with Crippen molar-refractivity contribution in [2.24, 2.45) is 5.92 Å². The van der Waals surface area contributed by atoms with Crippen LogP contribution >= 0.6 is 0 Å². The van der Waals surface area contributed by atoms with E-state index in [0.717, 1.165) is 38.8 Å². The number of nitrogens with one attached hydrogen (secondary N) is 1. The molecule has 0 aromatic heterocycles. The molecule has 0 radical (unpaired) electrons. The zero-order valence-electron chi connectivity index (χ0n) is 21.6. The van der Waals surface area contributed by atoms with Gasteiger partial charge in [0.15, 0.2) is 12.6 Å². The second-order valence-corrected chi connectivity index (χ2v) is 11.3. The Labute approximate surface area is 223 Å². The molecule has 196 valence electrons. The average Bonchev–Trinajstić information content (AvgIpc) is 3.36. The number of quaternary nitrogens is 1. The Hall–Kier alpha value is -3.48. The summed E-state index contributed by atoms with van der Waals surface area (Å²) in [4.78, 5) is 26.9. The van der Waals surface area contributed by atoms with E-state index in [0.29, 0.717) is 28.7 Å². The molecule has 1 aliphatic carbocycles. The van der Waals surface area contributed by atoms with Crippen molar-refractivity contribution in [3.05, 3.63) is 107 Å². The molecule has 3 aromatic rings. The highest BCUT2D eigenvalue weighted by molar-refractivity contribution is 5.85. The topological polar surface area (TPSA) is 75.6 Å². The summed E-state index contributed by atoms with van der Waals surface area (Å²) >= 11 is 0. The first-order valence-electron chi connectivity index (χ1n) is 13.7. The Morgan fingerprint density at radius 1 is 0.842 bits per heavy atom. The van der Waals surface area contributed by atoms with E-state index in [1.54, 1.807) is 24.3 Å². The lowest BCUT2D eigenvalue weighted by Gasteiger charge is -2.51. The van der Waals surface area contributed by atoms with Crippen LogP contribution in [-0.2, 0) is 32.8 Å². The van der Waals surface area contributed by atoms with Gasteiger partial charge in [-0.15, -0.1) is 0 Å². The molecule has 7 rings (SSSR count). The smallest absolute Gasteiger partial charge is 0.348 e. The number of fused-ring (bicyclic) bond motifs is 4. The average molecular weight is 512 g/mol. The van der Waals surface area contributed by atoms with Crippen LogP contribution in [0, 0.1) is 5.92 Å². The number of piperidine rings is 3. The van der Waals surface area contributed by atoms with E-state index in [1.807, 2.05) is 36.4 Å². The number of benzene rings is 3. The molecule has 1 amide bonds. The van der Waals surface area contributed by atoms with Gasteiger partial charge in [0.2, 0.25) is 5.60 Å². The van der Waals surface area contributed by atoms with E-state index in [4.69, 9.17) is 4.74 Å². The van der Waals surface area contributed by atoms with Crippen molar-refractivity contribution in [2.45, 2.75) is 43.4 Å². The second kappa shape index (κ2) is 10.0. The predicted octanol–water partition coefficient (Wildman–Crippen LogP) is 3.36. The van der Waals surface area contributed by atoms with Crippen molar-refractivity contribution in [2.75, 3.05) is 26.2 Å². The summed E-state index contributed by atoms with van der Waals surface area (Å²) < 4.78 is 6.78. The molecule has 38 heavy (non-hydrogen) atoms. The monoisotopic (exact) mass is 511 g/mol. The maximum atomic E-state index is 13.7. The SMILES string of the molecule is O=C(C[N+]12CCC(CC1)C(OC(=O)C(O)(c1ccccc1)c1ccccc1)C2)NC1Cc2ccccc2C1. The van der Waals surface area contributed by atoms with Gasteiger partial charge in [0.05, 0.1) is 13.1 Å². The van der Waals surface area contributed by atoms with Gasteiger partial charge in [0, 0.05) is 24.8 Å². The largest absolute Gasteiger partial charge is 0.453 e. The zero-order valence-corrected chi connectivity index (χ0v) is 21.6. The minimum atomic E-state index is -1.89. The van der Waals surface area contributed by atoms with Crippen LogP contribution in [0.3, 0.4) is 0 Å². The van der Waals surface area contributed by atoms with E-state index in [9.17, 15) is 14.7 Å². The first-order chi connectivity index (χ1) is 18.5. The summed E-state index contributed by atoms with van der Waals surface area (Å²) in [5, 5.41) is 15.1. The molecule has 1 unspecified atom stereocenters. The molecule has 6 heteroatoms. The van der Waals surface area contributed by atoms with Crippen LogP contribution in [-0.4, -0.2) is 59.8 Å². The second-order valence-electron chi connectivity index (χ2n) is 11.3. The fourth-order valence-corrected chi connectivity index (χ4v) is 6.80. The van der Waals surface area contributed by atoms with E-state index in [2.05, 4.69) is 29.6 Å². The van der Waals surface area contributed by atoms with Gasteiger partial charge in [0.25, 0.3) is 5.91 Å². The molecule has 4 aliphatic rings. The van der Waals surface area contributed by atoms with Crippen molar-refractivity contribution < 1.29 is 23.9 Å². The first kappa shape index (κ1) is 24.8. The van der Waals surface area contributed by atoms with Crippen molar-refractivity contribution in [1.82, 2.24) is 5.32 Å². The van der Waals surface area contributed by atoms with E-state index in [1.165, 1.54) is 11.1 Å². The molecular formula is C32H35N2O4+. The lowest BCUT2D eigenvalue weighted by molar-refractivity contribution is -0.939. The van der Waals surface area contributed by atoms with E-state index >= 15 is 0 Å². The third-order valence-corrected chi connectivity index (χ3v) is 8.87. The number of ether oxygens (including phenoxy) is 1. The van der Waals surface area contributed by atoms with Crippen LogP contribution < -0.4 is 5.32 Å². The Morgan fingerprint density at radius 2 is 1.37 bits per heavy atom. The molecule has 1 atom stereocenters. The summed E-state index contributed by atoms with van der Waals surface area (Å²) in [6.07, 6.45) is 3.25. The standard InChI is InChI=1S/C32H34N2O4/c35-30(33-28-19-24-9-7-8-10-25(24)20-28)22-34-17-15-23(16-18-34)29(21-34)38-31(36)32(37,26-11-3-1-4-12-26)27-13-5-2-6-14-27/h1-14,23,28-29,37H,15-22H2/p+1. The van der Waals surface area contributed by atoms with Gasteiger partial charge in [-0.05, 0) is 35.1 Å². The van der Waals surface area contributed by atoms with Gasteiger partial charge in [-0.25, -0.2) is 4.79 Å². The third kappa shape index (κ3) is 4.63. The number of rotatable bonds is 7. The molecule has 2 bridgehead atoms. The van der Waals surface area contributed by atoms with Crippen LogP contribution in [0.5, 0.6) is 0 Å². The highest BCUT2D eigenvalue weighted by atomic mass is 16.6. The van der Waals surface area contributed by atoms with Gasteiger partial charge < -0.3 is 19.6 Å². The van der Waals surface area contributed by atoms with Gasteiger partial charge in [-0.2, -0.15) is 0 Å². The normalized spacial score (nSPS) is 24.6. The van der Waals surface area contributed by atoms with Crippen LogP contribution in [0.15, 0.2) is 84.9 Å². The van der Waals surface area contributed by atoms with Crippen molar-refractivity contribution in [1.29, 1.82) is 0 Å². The number of carbonyl (C=O) groups excluding carboxylic acids is 2. The number of nitrogens with zero attached hydrogens (tertiary/aromatic N) is 1. The maximum absolute atomic E-state index is 13.7. The Kier molecular flexibility index (Phi) is 6.54. The Balaban J connectivity index is 1.15. The molecular weight excluding hydrogens is 476 g/mol. The summed E-state index contributed by atoms with van der Waals surface area (Å²) in [5.74, 6) is -0.333. The zero-order chi connectivity index (χ0) is 26.2. The number of amides is 1. The predicted molar refractivity (Wildman–Crippen MR) is 144 cm³/mol. The molecule has 6 nitrogen and oxygen atoms in total. The van der Waals surface area contributed by atoms with Crippen LogP contribution in [0.25, 0.3) is 0 Å². The Morgan fingerprint density at radius 3 is 1.92 bits per heavy atom. The molecule has 0 spiro atoms. The molecule has 0 saturated carbocycles. The number of hydrogen-bond donors (Lipinski definition) is 2. The fraction of sp³-hybridized carbons (Fsp3) is 0.375. The molecule has 3 fully saturated rings. The molecule has 3 aliphatic heterocycles. The van der Waals surface area contributed by atoms with Crippen molar-refractivity contribution in [3.8, 4) is 0 Å². The summed E-state index contributed by atoms with van der Waals surface area (Å²) in [6, 6.07) is 26.5. The molecule has 3 saturated heterocycles. The fourth-order valence-electron chi connectivity index (χ4n) is 6.80. The minimum Gasteiger partial charge on any atom is -0.453 e. The van der Waals surface area contributed by atoms with Gasteiger partial charge in [-0.1, -0.05) is 84.9 Å². The number of aliphatic hydroxyl groups is 1. The lowest BCUT2D eigenvalue weighted by Crippen LogP contribution is -2.67. The molecule has 3 aromatic carbocycles. The number of carbonyl (C=O) groups is 2. The summed E-state index contributed by atoms with van der Waals surface area (Å²) in [5.41, 5.74) is 1.71. The number of hydrogen-bond acceptors (Lipinski definition) is 4. The summed E-state index contributed by atoms with van der Waals surface area (Å²) in [6.45, 7) is 2.83. The molecule has 3 heterocycles. The van der Waals surface area contributed by atoms with E-state index in [-0.39, 0.29) is 24.0 Å². The van der Waals surface area contributed by atoms with Crippen LogP contribution in [0.4, 0.5) is 0 Å². The maximum Gasteiger partial charge on any atom is 0.348 e. The highest BCUT2D eigenvalue weighted by Crippen LogP contribution is 2.38. The van der Waals surface area contributed by atoms with Crippen LogP contribution in [0.1, 0.15) is 35.1 Å².